The van der Waals surface area contributed by atoms with Crippen LogP contribution in [0.25, 0.3) is 0 Å². The zero-order valence-corrected chi connectivity index (χ0v) is 19.9. The predicted octanol–water partition coefficient (Wildman–Crippen LogP) is 2.84. The van der Waals surface area contributed by atoms with Gasteiger partial charge in [0, 0.05) is 45.2 Å². The maximum atomic E-state index is 12.7. The Kier molecular flexibility index (Phi) is 8.55. The maximum Gasteiger partial charge on any atom is 0.260 e. The lowest BCUT2D eigenvalue weighted by molar-refractivity contribution is -0.137. The Morgan fingerprint density at radius 2 is 1.79 bits per heavy atom. The Hall–Kier alpha value is -2.90. The second kappa shape index (κ2) is 12.0. The summed E-state index contributed by atoms with van der Waals surface area (Å²) in [7, 11) is 0. The summed E-state index contributed by atoms with van der Waals surface area (Å²) in [5.41, 5.74) is 2.36. The minimum absolute atomic E-state index is 0.0284. The summed E-state index contributed by atoms with van der Waals surface area (Å²) in [5.74, 6) is 0.667. The standard InChI is InChI=1S/C27H35N3O4/c1-21-18-29(14-15-33-21)19-23-7-5-6-22(16-23)17-28-27(32)24-10-12-30(13-11-24)26(31)20-34-25-8-3-2-4-9-25/h2-9,16,21,24H,10-15,17-20H2,1H3,(H,28,32). The molecular weight excluding hydrogens is 430 g/mol. The number of amides is 2. The van der Waals surface area contributed by atoms with Crippen molar-refractivity contribution in [3.63, 3.8) is 0 Å². The molecule has 0 saturated carbocycles. The van der Waals surface area contributed by atoms with Gasteiger partial charge >= 0.3 is 0 Å². The number of nitrogens with zero attached hydrogens (tertiary/aromatic N) is 2. The number of morpholine rings is 1. The molecule has 0 radical (unpaired) electrons. The van der Waals surface area contributed by atoms with Gasteiger partial charge in [-0.1, -0.05) is 42.5 Å². The van der Waals surface area contributed by atoms with Crippen molar-refractivity contribution in [1.82, 2.24) is 15.1 Å². The van der Waals surface area contributed by atoms with E-state index in [4.69, 9.17) is 9.47 Å². The van der Waals surface area contributed by atoms with E-state index in [1.165, 1.54) is 5.56 Å². The molecule has 2 aromatic rings. The number of carbonyl (C=O) groups excluding carboxylic acids is 2. The average molecular weight is 466 g/mol. The SMILES string of the molecule is CC1CN(Cc2cccc(CNC(=O)C3CCN(C(=O)COc4ccccc4)CC3)c2)CCO1. The largest absolute Gasteiger partial charge is 0.484 e. The summed E-state index contributed by atoms with van der Waals surface area (Å²) in [6.07, 6.45) is 1.63. The fourth-order valence-corrected chi connectivity index (χ4v) is 4.61. The van der Waals surface area contributed by atoms with Crippen molar-refractivity contribution in [2.24, 2.45) is 5.92 Å². The van der Waals surface area contributed by atoms with Crippen molar-refractivity contribution in [1.29, 1.82) is 0 Å². The Balaban J connectivity index is 1.18. The van der Waals surface area contributed by atoms with Crippen LogP contribution >= 0.6 is 0 Å². The van der Waals surface area contributed by atoms with E-state index in [-0.39, 0.29) is 30.4 Å². The highest BCUT2D eigenvalue weighted by atomic mass is 16.5. The molecule has 7 heteroatoms. The second-order valence-corrected chi connectivity index (χ2v) is 9.21. The van der Waals surface area contributed by atoms with Gasteiger partial charge in [-0.15, -0.1) is 0 Å². The lowest BCUT2D eigenvalue weighted by Gasteiger charge is -2.31. The first-order valence-electron chi connectivity index (χ1n) is 12.2. The predicted molar refractivity (Wildman–Crippen MR) is 130 cm³/mol. The van der Waals surface area contributed by atoms with E-state index >= 15 is 0 Å². The Morgan fingerprint density at radius 3 is 2.56 bits per heavy atom. The van der Waals surface area contributed by atoms with Gasteiger partial charge in [0.05, 0.1) is 12.7 Å². The van der Waals surface area contributed by atoms with E-state index in [1.807, 2.05) is 30.3 Å². The maximum absolute atomic E-state index is 12.7. The van der Waals surface area contributed by atoms with Crippen LogP contribution in [0.15, 0.2) is 54.6 Å². The fourth-order valence-electron chi connectivity index (χ4n) is 4.61. The lowest BCUT2D eigenvalue weighted by Crippen LogP contribution is -2.44. The van der Waals surface area contributed by atoms with Gasteiger partial charge < -0.3 is 19.7 Å². The van der Waals surface area contributed by atoms with E-state index in [0.717, 1.165) is 31.8 Å². The minimum atomic E-state index is -0.0582. The molecule has 2 aliphatic rings. The first-order valence-corrected chi connectivity index (χ1v) is 12.2. The van der Waals surface area contributed by atoms with Crippen molar-refractivity contribution in [2.45, 2.75) is 39.0 Å². The van der Waals surface area contributed by atoms with Crippen LogP contribution in [0.1, 0.15) is 30.9 Å². The second-order valence-electron chi connectivity index (χ2n) is 9.21. The molecular formula is C27H35N3O4. The Morgan fingerprint density at radius 1 is 1.03 bits per heavy atom. The van der Waals surface area contributed by atoms with Crippen LogP contribution in [0.5, 0.6) is 5.75 Å². The van der Waals surface area contributed by atoms with Gasteiger partial charge in [-0.05, 0) is 43.0 Å². The van der Waals surface area contributed by atoms with Gasteiger partial charge in [0.25, 0.3) is 5.91 Å². The van der Waals surface area contributed by atoms with Gasteiger partial charge in [0.2, 0.25) is 5.91 Å². The number of nitrogens with one attached hydrogen (secondary N) is 1. The molecule has 1 N–H and O–H groups in total. The molecule has 2 saturated heterocycles. The first-order chi connectivity index (χ1) is 16.6. The number of piperidine rings is 1. The van der Waals surface area contributed by atoms with Crippen molar-refractivity contribution in [2.75, 3.05) is 39.4 Å². The van der Waals surface area contributed by atoms with Crippen LogP contribution < -0.4 is 10.1 Å². The Bertz CT molecular complexity index is 944. The first kappa shape index (κ1) is 24.2. The molecule has 1 atom stereocenters. The molecule has 182 valence electrons. The summed E-state index contributed by atoms with van der Waals surface area (Å²) >= 11 is 0. The van der Waals surface area contributed by atoms with Crippen LogP contribution in [0.3, 0.4) is 0 Å². The third-order valence-corrected chi connectivity index (χ3v) is 6.51. The number of ether oxygens (including phenoxy) is 2. The van der Waals surface area contributed by atoms with E-state index < -0.39 is 0 Å². The molecule has 0 spiro atoms. The average Bonchev–Trinajstić information content (AvgIpc) is 2.87. The molecule has 7 nitrogen and oxygen atoms in total. The smallest absolute Gasteiger partial charge is 0.260 e. The number of likely N-dealkylation sites (tertiary alicyclic amines) is 1. The molecule has 4 rings (SSSR count). The number of para-hydroxylation sites is 1. The van der Waals surface area contributed by atoms with Crippen molar-refractivity contribution in [3.8, 4) is 5.75 Å². The highest BCUT2D eigenvalue weighted by Crippen LogP contribution is 2.19. The lowest BCUT2D eigenvalue weighted by atomic mass is 9.95. The Labute approximate surface area is 202 Å². The summed E-state index contributed by atoms with van der Waals surface area (Å²) < 4.78 is 11.2. The monoisotopic (exact) mass is 465 g/mol. The summed E-state index contributed by atoms with van der Waals surface area (Å²) in [5, 5.41) is 3.10. The molecule has 2 aliphatic heterocycles. The van der Waals surface area contributed by atoms with Gasteiger partial charge in [0.15, 0.2) is 6.61 Å². The summed E-state index contributed by atoms with van der Waals surface area (Å²) in [4.78, 5) is 29.4. The van der Waals surface area contributed by atoms with E-state index in [2.05, 4.69) is 41.4 Å². The van der Waals surface area contributed by atoms with Crippen molar-refractivity contribution < 1.29 is 19.1 Å². The minimum Gasteiger partial charge on any atom is -0.484 e. The van der Waals surface area contributed by atoms with Crippen molar-refractivity contribution in [3.05, 3.63) is 65.7 Å². The number of hydrogen-bond acceptors (Lipinski definition) is 5. The molecule has 2 aromatic carbocycles. The number of benzene rings is 2. The summed E-state index contributed by atoms with van der Waals surface area (Å²) in [6, 6.07) is 17.8. The topological polar surface area (TPSA) is 71.1 Å². The summed E-state index contributed by atoms with van der Waals surface area (Å²) in [6.45, 7) is 7.40. The van der Waals surface area contributed by atoms with Crippen molar-refractivity contribution >= 4 is 11.8 Å². The number of rotatable bonds is 8. The van der Waals surface area contributed by atoms with E-state index in [1.54, 1.807) is 4.90 Å². The molecule has 34 heavy (non-hydrogen) atoms. The molecule has 0 aromatic heterocycles. The molecule has 2 fully saturated rings. The third kappa shape index (κ3) is 7.05. The normalized spacial score (nSPS) is 19.6. The van der Waals surface area contributed by atoms with E-state index in [0.29, 0.717) is 38.2 Å². The van der Waals surface area contributed by atoms with Gasteiger partial charge in [-0.2, -0.15) is 0 Å². The van der Waals surface area contributed by atoms with Gasteiger partial charge in [-0.3, -0.25) is 14.5 Å². The highest BCUT2D eigenvalue weighted by Gasteiger charge is 2.27. The van der Waals surface area contributed by atoms with Crippen LogP contribution in [0.4, 0.5) is 0 Å². The fraction of sp³-hybridized carbons (Fsp3) is 0.481. The van der Waals surface area contributed by atoms with Gasteiger partial charge in [-0.25, -0.2) is 0 Å². The molecule has 2 heterocycles. The molecule has 0 bridgehead atoms. The molecule has 1 unspecified atom stereocenters. The van der Waals surface area contributed by atoms with Crippen LogP contribution in [0.2, 0.25) is 0 Å². The zero-order chi connectivity index (χ0) is 23.8. The number of carbonyl (C=O) groups is 2. The van der Waals surface area contributed by atoms with Gasteiger partial charge in [0.1, 0.15) is 5.75 Å². The molecule has 2 amide bonds. The third-order valence-electron chi connectivity index (χ3n) is 6.51. The quantitative estimate of drug-likeness (QED) is 0.649. The van der Waals surface area contributed by atoms with E-state index in [9.17, 15) is 9.59 Å². The molecule has 0 aliphatic carbocycles. The van der Waals surface area contributed by atoms with Crippen LogP contribution in [0, 0.1) is 5.92 Å². The number of hydrogen-bond donors (Lipinski definition) is 1. The van der Waals surface area contributed by atoms with Crippen LogP contribution in [-0.4, -0.2) is 67.1 Å². The zero-order valence-electron chi connectivity index (χ0n) is 19.9. The highest BCUT2D eigenvalue weighted by molar-refractivity contribution is 5.80. The van der Waals surface area contributed by atoms with Crippen LogP contribution in [-0.2, 0) is 27.4 Å².